The molecule has 6 heterocycles. The Bertz CT molecular complexity index is 1950. The third-order valence-electron chi connectivity index (χ3n) is 7.72. The van der Waals surface area contributed by atoms with Gasteiger partial charge in [-0.25, -0.2) is 4.98 Å². The van der Waals surface area contributed by atoms with Crippen molar-refractivity contribution in [1.82, 2.24) is 34.7 Å². The number of fused-ring (bicyclic) bond motifs is 3. The summed E-state index contributed by atoms with van der Waals surface area (Å²) in [4.78, 5) is 6.86. The maximum atomic E-state index is 6.29. The van der Waals surface area contributed by atoms with Crippen molar-refractivity contribution in [1.29, 1.82) is 0 Å². The van der Waals surface area contributed by atoms with Crippen LogP contribution in [0.4, 0.5) is 0 Å². The zero-order valence-electron chi connectivity index (χ0n) is 21.1. The Morgan fingerprint density at radius 1 is 1.03 bits per heavy atom. The van der Waals surface area contributed by atoms with E-state index in [0.717, 1.165) is 71.7 Å². The zero-order valence-corrected chi connectivity index (χ0v) is 21.9. The number of hydrogen-bond acceptors (Lipinski definition) is 7. The smallest absolute Gasteiger partial charge is 0.247 e. The average Bonchev–Trinajstić information content (AvgIpc) is 3.79. The van der Waals surface area contributed by atoms with Gasteiger partial charge in [-0.05, 0) is 72.1 Å². The number of imidazole rings is 1. The monoisotopic (exact) mass is 531 g/mol. The molecule has 0 radical (unpaired) electrons. The van der Waals surface area contributed by atoms with Crippen LogP contribution in [0, 0.1) is 0 Å². The molecule has 8 rings (SSSR count). The third kappa shape index (κ3) is 4.02. The Morgan fingerprint density at radius 3 is 2.97 bits per heavy atom. The van der Waals surface area contributed by atoms with Crippen LogP contribution in [0.15, 0.2) is 83.0 Å². The van der Waals surface area contributed by atoms with Crippen LogP contribution in [0.25, 0.3) is 49.3 Å². The summed E-state index contributed by atoms with van der Waals surface area (Å²) >= 11 is 1.82. The van der Waals surface area contributed by atoms with Gasteiger partial charge in [0.25, 0.3) is 0 Å². The fourth-order valence-corrected chi connectivity index (χ4v) is 6.69. The van der Waals surface area contributed by atoms with E-state index in [-0.39, 0.29) is 5.92 Å². The lowest BCUT2D eigenvalue weighted by molar-refractivity contribution is 0.187. The zero-order chi connectivity index (χ0) is 25.8. The number of likely N-dealkylation sites (tertiary alicyclic amines) is 1. The molecule has 1 unspecified atom stereocenters. The SMILES string of the molecule is c1ccc2c(CN3CCCC(c4nnc(-c5ccc6[nH]nc(-c7ccc8nccn8c7)c6c5)o4)C3)csc2c1. The summed E-state index contributed by atoms with van der Waals surface area (Å²) in [5.41, 5.74) is 6.05. The van der Waals surface area contributed by atoms with Crippen LogP contribution in [0.1, 0.15) is 30.2 Å². The molecule has 0 bridgehead atoms. The quantitative estimate of drug-likeness (QED) is 0.272. The van der Waals surface area contributed by atoms with Gasteiger partial charge < -0.3 is 8.82 Å². The fourth-order valence-electron chi connectivity index (χ4n) is 5.74. The van der Waals surface area contributed by atoms with Crippen LogP contribution in [-0.4, -0.2) is 47.8 Å². The molecule has 1 fully saturated rings. The molecular weight excluding hydrogens is 506 g/mol. The second kappa shape index (κ2) is 9.14. The molecule has 39 heavy (non-hydrogen) atoms. The van der Waals surface area contributed by atoms with Gasteiger partial charge in [0, 0.05) is 52.9 Å². The predicted molar refractivity (Wildman–Crippen MR) is 153 cm³/mol. The molecule has 2 aromatic carbocycles. The number of thiophene rings is 1. The summed E-state index contributed by atoms with van der Waals surface area (Å²) in [6.45, 7) is 2.96. The summed E-state index contributed by atoms with van der Waals surface area (Å²) in [5.74, 6) is 1.51. The average molecular weight is 532 g/mol. The summed E-state index contributed by atoms with van der Waals surface area (Å²) < 4.78 is 9.64. The summed E-state index contributed by atoms with van der Waals surface area (Å²) in [5, 5.41) is 21.4. The maximum absolute atomic E-state index is 6.29. The number of hydrogen-bond donors (Lipinski definition) is 1. The van der Waals surface area contributed by atoms with Gasteiger partial charge in [0.15, 0.2) is 0 Å². The number of piperidine rings is 1. The molecule has 7 aromatic rings. The van der Waals surface area contributed by atoms with Crippen LogP contribution < -0.4 is 0 Å². The topological polar surface area (TPSA) is 88.1 Å². The van der Waals surface area contributed by atoms with Crippen LogP contribution >= 0.6 is 11.3 Å². The number of benzene rings is 2. The number of nitrogens with one attached hydrogen (secondary N) is 1. The highest BCUT2D eigenvalue weighted by Crippen LogP contribution is 2.34. The molecule has 0 amide bonds. The van der Waals surface area contributed by atoms with Crippen molar-refractivity contribution in [2.75, 3.05) is 13.1 Å². The maximum Gasteiger partial charge on any atom is 0.247 e. The van der Waals surface area contributed by atoms with Crippen molar-refractivity contribution in [3.63, 3.8) is 0 Å². The first kappa shape index (κ1) is 22.6. The van der Waals surface area contributed by atoms with Crippen LogP contribution in [0.5, 0.6) is 0 Å². The third-order valence-corrected chi connectivity index (χ3v) is 8.73. The summed E-state index contributed by atoms with van der Waals surface area (Å²) in [6, 6.07) is 18.8. The number of aromatic amines is 1. The number of aromatic nitrogens is 6. The first-order chi connectivity index (χ1) is 19.3. The summed E-state index contributed by atoms with van der Waals surface area (Å²) in [6.07, 6.45) is 7.96. The fraction of sp³-hybridized carbons (Fsp3) is 0.200. The van der Waals surface area contributed by atoms with Crippen molar-refractivity contribution in [2.24, 2.45) is 0 Å². The highest BCUT2D eigenvalue weighted by molar-refractivity contribution is 7.17. The molecule has 0 aliphatic carbocycles. The van der Waals surface area contributed by atoms with E-state index in [1.54, 1.807) is 6.20 Å². The van der Waals surface area contributed by atoms with Gasteiger partial charge in [-0.2, -0.15) is 5.10 Å². The Morgan fingerprint density at radius 2 is 1.97 bits per heavy atom. The lowest BCUT2D eigenvalue weighted by Crippen LogP contribution is -2.33. The van der Waals surface area contributed by atoms with Gasteiger partial charge in [0.05, 0.1) is 11.4 Å². The number of pyridine rings is 1. The number of rotatable bonds is 5. The molecule has 5 aromatic heterocycles. The second-order valence-electron chi connectivity index (χ2n) is 10.2. The Balaban J connectivity index is 1.05. The van der Waals surface area contributed by atoms with E-state index >= 15 is 0 Å². The van der Waals surface area contributed by atoms with Gasteiger partial charge in [-0.15, -0.1) is 21.5 Å². The molecule has 8 nitrogen and oxygen atoms in total. The molecule has 192 valence electrons. The second-order valence-corrected chi connectivity index (χ2v) is 11.1. The number of H-pyrrole nitrogens is 1. The van der Waals surface area contributed by atoms with E-state index in [2.05, 4.69) is 66.0 Å². The molecular formula is C30H25N7OS. The molecule has 1 N–H and O–H groups in total. The van der Waals surface area contributed by atoms with Crippen molar-refractivity contribution in [3.8, 4) is 22.7 Å². The van der Waals surface area contributed by atoms with Crippen LogP contribution in [0.2, 0.25) is 0 Å². The minimum Gasteiger partial charge on any atom is -0.420 e. The first-order valence-electron chi connectivity index (χ1n) is 13.2. The lowest BCUT2D eigenvalue weighted by Gasteiger charge is -2.30. The Hall–Kier alpha value is -4.34. The lowest BCUT2D eigenvalue weighted by atomic mass is 9.97. The number of nitrogens with zero attached hydrogens (tertiary/aromatic N) is 6. The van der Waals surface area contributed by atoms with Gasteiger partial charge in [-0.1, -0.05) is 18.2 Å². The minimum atomic E-state index is 0.236. The van der Waals surface area contributed by atoms with Gasteiger partial charge >= 0.3 is 0 Å². The normalized spacial score (nSPS) is 16.6. The van der Waals surface area contributed by atoms with Crippen molar-refractivity contribution in [2.45, 2.75) is 25.3 Å². The van der Waals surface area contributed by atoms with Crippen molar-refractivity contribution >= 4 is 38.0 Å². The highest BCUT2D eigenvalue weighted by atomic mass is 32.1. The first-order valence-corrected chi connectivity index (χ1v) is 14.1. The van der Waals surface area contributed by atoms with E-state index < -0.39 is 0 Å². The van der Waals surface area contributed by atoms with Crippen LogP contribution in [-0.2, 0) is 6.54 Å². The van der Waals surface area contributed by atoms with E-state index in [1.165, 1.54) is 15.6 Å². The van der Waals surface area contributed by atoms with E-state index in [4.69, 9.17) is 4.42 Å². The van der Waals surface area contributed by atoms with Gasteiger partial charge in [-0.3, -0.25) is 10.00 Å². The minimum absolute atomic E-state index is 0.236. The van der Waals surface area contributed by atoms with Gasteiger partial charge in [0.1, 0.15) is 11.3 Å². The van der Waals surface area contributed by atoms with Crippen molar-refractivity contribution in [3.05, 3.63) is 90.0 Å². The van der Waals surface area contributed by atoms with E-state index in [1.807, 2.05) is 52.4 Å². The highest BCUT2D eigenvalue weighted by Gasteiger charge is 2.27. The van der Waals surface area contributed by atoms with E-state index in [9.17, 15) is 0 Å². The molecule has 1 saturated heterocycles. The summed E-state index contributed by atoms with van der Waals surface area (Å²) in [7, 11) is 0. The Labute approximate surface area is 227 Å². The molecule has 1 aliphatic heterocycles. The molecule has 1 aliphatic rings. The largest absolute Gasteiger partial charge is 0.420 e. The Kier molecular flexibility index (Phi) is 5.31. The standard InChI is InChI=1S/C30H25N7OS/c1-2-6-26-23(5-1)22(18-39-26)16-36-12-3-4-21(15-36)30-35-34-29(38-30)19-7-9-25-24(14-19)28(33-32-25)20-8-10-27-31-11-13-37(27)17-20/h1-2,5-11,13-14,17-18,21H,3-4,12,15-16H2,(H,32,33). The molecule has 0 spiro atoms. The molecule has 1 atom stereocenters. The van der Waals surface area contributed by atoms with E-state index in [0.29, 0.717) is 5.89 Å². The van der Waals surface area contributed by atoms with Crippen molar-refractivity contribution < 1.29 is 4.42 Å². The molecule has 9 heteroatoms. The predicted octanol–water partition coefficient (Wildman–Crippen LogP) is 6.52. The molecule has 0 saturated carbocycles. The van der Waals surface area contributed by atoms with Gasteiger partial charge in [0.2, 0.25) is 11.8 Å². The van der Waals surface area contributed by atoms with Crippen LogP contribution in [0.3, 0.4) is 0 Å².